The zero-order valence-electron chi connectivity index (χ0n) is 24.5. The minimum Gasteiger partial charge on any atom is -0.494 e. The molecule has 0 aromatic heterocycles. The van der Waals surface area contributed by atoms with Gasteiger partial charge in [-0.2, -0.15) is 0 Å². The molecule has 4 N–H and O–H groups in total. The summed E-state index contributed by atoms with van der Waals surface area (Å²) in [5.41, 5.74) is 15.5. The third-order valence-corrected chi connectivity index (χ3v) is 7.11. The quantitative estimate of drug-likeness (QED) is 0.229. The standard InChI is InChI=1S/C18H20N2O2.C17H17FN2O2/c19-18-20-16(13-22-18)10-11-21-17-8-6-15(7-9-17)12-14-4-2-1-3-5-14;18-14-5-1-12(2-6-14)13-3-7-16(8-4-13)21-10-9-15-11-22-17(19)20-15/h1-9,16H,10-13H2,(H2,19,20);1-8,15H,9-11H2,(H2,19,20)/t16-;15-/m00/s1. The molecule has 0 amide bonds. The molecule has 4 aromatic rings. The molecular weight excluding hydrogens is 559 g/mol. The van der Waals surface area contributed by atoms with Gasteiger partial charge in [0.1, 0.15) is 30.5 Å². The first kappa shape index (κ1) is 30.4. The van der Waals surface area contributed by atoms with E-state index in [9.17, 15) is 4.39 Å². The molecule has 0 saturated heterocycles. The fourth-order valence-corrected chi connectivity index (χ4v) is 4.71. The predicted octanol–water partition coefficient (Wildman–Crippen LogP) is 5.73. The summed E-state index contributed by atoms with van der Waals surface area (Å²) in [7, 11) is 0. The molecule has 8 nitrogen and oxygen atoms in total. The Labute approximate surface area is 257 Å². The number of benzene rings is 4. The Morgan fingerprint density at radius 1 is 0.614 bits per heavy atom. The van der Waals surface area contributed by atoms with Gasteiger partial charge in [-0.3, -0.25) is 0 Å². The van der Waals surface area contributed by atoms with E-state index in [0.717, 1.165) is 41.9 Å². The number of halogens is 1. The molecule has 6 rings (SSSR count). The van der Waals surface area contributed by atoms with Crippen molar-refractivity contribution in [3.05, 3.63) is 120 Å². The number of hydrogen-bond donors (Lipinski definition) is 2. The normalized spacial score (nSPS) is 16.9. The van der Waals surface area contributed by atoms with E-state index < -0.39 is 0 Å². The molecule has 0 aliphatic carbocycles. The number of rotatable bonds is 11. The van der Waals surface area contributed by atoms with Crippen LogP contribution in [0.15, 0.2) is 113 Å². The topological polar surface area (TPSA) is 114 Å². The highest BCUT2D eigenvalue weighted by atomic mass is 19.1. The van der Waals surface area contributed by atoms with E-state index in [1.54, 1.807) is 12.1 Å². The highest BCUT2D eigenvalue weighted by Crippen LogP contribution is 2.23. The van der Waals surface area contributed by atoms with Crippen molar-refractivity contribution in [2.24, 2.45) is 21.5 Å². The molecule has 4 aromatic carbocycles. The Balaban J connectivity index is 0.000000175. The van der Waals surface area contributed by atoms with Gasteiger partial charge in [0, 0.05) is 12.8 Å². The second kappa shape index (κ2) is 15.4. The van der Waals surface area contributed by atoms with Crippen LogP contribution in [0, 0.1) is 5.82 Å². The second-order valence-electron chi connectivity index (χ2n) is 10.5. The van der Waals surface area contributed by atoms with E-state index in [-0.39, 0.29) is 29.9 Å². The van der Waals surface area contributed by atoms with Gasteiger partial charge in [-0.05, 0) is 65.1 Å². The Bertz CT molecular complexity index is 1510. The average molecular weight is 597 g/mol. The molecular formula is C35H37FN4O4. The highest BCUT2D eigenvalue weighted by molar-refractivity contribution is 5.73. The zero-order chi connectivity index (χ0) is 30.6. The molecule has 44 heavy (non-hydrogen) atoms. The summed E-state index contributed by atoms with van der Waals surface area (Å²) in [5, 5.41) is 0. The van der Waals surface area contributed by atoms with E-state index in [2.05, 4.69) is 46.4 Å². The third-order valence-electron chi connectivity index (χ3n) is 7.11. The monoisotopic (exact) mass is 596 g/mol. The molecule has 228 valence electrons. The van der Waals surface area contributed by atoms with Crippen LogP contribution in [0.25, 0.3) is 11.1 Å². The van der Waals surface area contributed by atoms with Crippen molar-refractivity contribution < 1.29 is 23.3 Å². The van der Waals surface area contributed by atoms with Gasteiger partial charge in [-0.1, -0.05) is 66.7 Å². The first-order chi connectivity index (χ1) is 21.5. The molecule has 2 aliphatic rings. The van der Waals surface area contributed by atoms with Crippen molar-refractivity contribution >= 4 is 12.0 Å². The number of nitrogens with zero attached hydrogens (tertiary/aromatic N) is 2. The van der Waals surface area contributed by atoms with E-state index >= 15 is 0 Å². The Morgan fingerprint density at radius 2 is 1.07 bits per heavy atom. The van der Waals surface area contributed by atoms with E-state index in [0.29, 0.717) is 26.4 Å². The summed E-state index contributed by atoms with van der Waals surface area (Å²) in [5.74, 6) is 1.44. The Kier molecular flexibility index (Phi) is 10.7. The van der Waals surface area contributed by atoms with Gasteiger partial charge in [0.25, 0.3) is 12.0 Å². The SMILES string of the molecule is NC1=N[C@@H](CCOc2ccc(-c3ccc(F)cc3)cc2)CO1.NC1=N[C@@H](CCOc2ccc(Cc3ccccc3)cc2)CO1. The molecule has 2 aliphatic heterocycles. The lowest BCUT2D eigenvalue weighted by Crippen LogP contribution is -2.12. The lowest BCUT2D eigenvalue weighted by molar-refractivity contribution is 0.263. The fourth-order valence-electron chi connectivity index (χ4n) is 4.71. The number of aliphatic imine (C=N–C) groups is 2. The van der Waals surface area contributed by atoms with E-state index in [1.807, 2.05) is 42.5 Å². The van der Waals surface area contributed by atoms with Crippen LogP contribution < -0.4 is 20.9 Å². The van der Waals surface area contributed by atoms with Gasteiger partial charge >= 0.3 is 0 Å². The van der Waals surface area contributed by atoms with Crippen molar-refractivity contribution in [2.75, 3.05) is 26.4 Å². The first-order valence-corrected chi connectivity index (χ1v) is 14.7. The zero-order valence-corrected chi connectivity index (χ0v) is 24.5. The van der Waals surface area contributed by atoms with Crippen LogP contribution in [0.1, 0.15) is 24.0 Å². The third kappa shape index (κ3) is 9.49. The summed E-state index contributed by atoms with van der Waals surface area (Å²) in [6, 6.07) is 33.6. The van der Waals surface area contributed by atoms with Crippen LogP contribution in [-0.2, 0) is 15.9 Å². The summed E-state index contributed by atoms with van der Waals surface area (Å²) < 4.78 is 34.5. The van der Waals surface area contributed by atoms with E-state index in [4.69, 9.17) is 30.4 Å². The van der Waals surface area contributed by atoms with Gasteiger partial charge < -0.3 is 30.4 Å². The highest BCUT2D eigenvalue weighted by Gasteiger charge is 2.17. The van der Waals surface area contributed by atoms with E-state index in [1.165, 1.54) is 23.3 Å². The molecule has 0 bridgehead atoms. The van der Waals surface area contributed by atoms with Gasteiger partial charge in [0.15, 0.2) is 0 Å². The largest absolute Gasteiger partial charge is 0.494 e. The van der Waals surface area contributed by atoms with Crippen molar-refractivity contribution in [3.8, 4) is 22.6 Å². The smallest absolute Gasteiger partial charge is 0.282 e. The molecule has 0 unspecified atom stereocenters. The van der Waals surface area contributed by atoms with Crippen LogP contribution in [0.2, 0.25) is 0 Å². The van der Waals surface area contributed by atoms with Gasteiger partial charge in [0.2, 0.25) is 0 Å². The Hall–Kier alpha value is -5.05. The first-order valence-electron chi connectivity index (χ1n) is 14.7. The van der Waals surface area contributed by atoms with Crippen molar-refractivity contribution in [2.45, 2.75) is 31.3 Å². The number of amidine groups is 2. The maximum atomic E-state index is 12.9. The fraction of sp³-hybridized carbons (Fsp3) is 0.257. The molecule has 0 radical (unpaired) electrons. The summed E-state index contributed by atoms with van der Waals surface area (Å²) in [6.07, 6.45) is 2.52. The molecule has 0 saturated carbocycles. The maximum Gasteiger partial charge on any atom is 0.282 e. The lowest BCUT2D eigenvalue weighted by atomic mass is 10.1. The molecule has 9 heteroatoms. The summed E-state index contributed by atoms with van der Waals surface area (Å²) in [4.78, 5) is 8.31. The van der Waals surface area contributed by atoms with Crippen molar-refractivity contribution in [3.63, 3.8) is 0 Å². The summed E-state index contributed by atoms with van der Waals surface area (Å²) >= 11 is 0. The number of ether oxygens (including phenoxy) is 4. The lowest BCUT2D eigenvalue weighted by Gasteiger charge is -2.09. The van der Waals surface area contributed by atoms with Crippen LogP contribution in [-0.4, -0.2) is 50.6 Å². The average Bonchev–Trinajstić information content (AvgIpc) is 3.66. The Morgan fingerprint density at radius 3 is 1.55 bits per heavy atom. The molecule has 0 spiro atoms. The molecule has 2 atom stereocenters. The minimum atomic E-state index is -0.233. The number of nitrogens with two attached hydrogens (primary N) is 2. The van der Waals surface area contributed by atoms with Gasteiger partial charge in [0.05, 0.1) is 25.3 Å². The van der Waals surface area contributed by atoms with Crippen LogP contribution in [0.5, 0.6) is 11.5 Å². The summed E-state index contributed by atoms with van der Waals surface area (Å²) in [6.45, 7) is 2.26. The maximum absolute atomic E-state index is 12.9. The van der Waals surface area contributed by atoms with Crippen molar-refractivity contribution in [1.82, 2.24) is 0 Å². The van der Waals surface area contributed by atoms with Gasteiger partial charge in [-0.25, -0.2) is 14.4 Å². The second-order valence-corrected chi connectivity index (χ2v) is 10.5. The minimum absolute atomic E-state index is 0.0819. The van der Waals surface area contributed by atoms with Crippen LogP contribution >= 0.6 is 0 Å². The number of hydrogen-bond acceptors (Lipinski definition) is 8. The van der Waals surface area contributed by atoms with Crippen LogP contribution in [0.4, 0.5) is 4.39 Å². The predicted molar refractivity (Wildman–Crippen MR) is 170 cm³/mol. The van der Waals surface area contributed by atoms with Gasteiger partial charge in [-0.15, -0.1) is 0 Å². The van der Waals surface area contributed by atoms with Crippen molar-refractivity contribution in [1.29, 1.82) is 0 Å². The molecule has 0 fully saturated rings. The molecule has 2 heterocycles. The van der Waals surface area contributed by atoms with Crippen LogP contribution in [0.3, 0.4) is 0 Å².